The number of benzene rings is 1. The van der Waals surface area contributed by atoms with E-state index in [1.807, 2.05) is 40.6 Å². The van der Waals surface area contributed by atoms with Crippen molar-refractivity contribution in [1.82, 2.24) is 10.1 Å². The van der Waals surface area contributed by atoms with Gasteiger partial charge < -0.3 is 9.42 Å². The van der Waals surface area contributed by atoms with Gasteiger partial charge in [-0.15, -0.1) is 11.3 Å². The van der Waals surface area contributed by atoms with E-state index in [-0.39, 0.29) is 11.8 Å². The Morgan fingerprint density at radius 2 is 2.17 bits per heavy atom. The van der Waals surface area contributed by atoms with E-state index in [1.54, 1.807) is 11.3 Å². The zero-order chi connectivity index (χ0) is 16.5. The molecule has 3 heterocycles. The standard InChI is InChI=1S/C18H17N3O2S/c1-2-12-6-3-4-7-14(12)21-11-13(10-16(21)22)17-19-18(23-20-17)15-8-5-9-24-15/h3-9,13H,2,10-11H2,1H3. The van der Waals surface area contributed by atoms with Gasteiger partial charge in [-0.25, -0.2) is 0 Å². The van der Waals surface area contributed by atoms with Gasteiger partial charge in [0, 0.05) is 24.6 Å². The number of hydrogen-bond donors (Lipinski definition) is 0. The minimum Gasteiger partial charge on any atom is -0.333 e. The van der Waals surface area contributed by atoms with E-state index < -0.39 is 0 Å². The molecule has 24 heavy (non-hydrogen) atoms. The molecular weight excluding hydrogens is 322 g/mol. The molecule has 2 aromatic heterocycles. The molecule has 1 saturated heterocycles. The molecule has 1 aliphatic heterocycles. The minimum atomic E-state index is -0.0279. The number of carbonyl (C=O) groups is 1. The molecule has 0 saturated carbocycles. The number of para-hydroxylation sites is 1. The smallest absolute Gasteiger partial charge is 0.267 e. The van der Waals surface area contributed by atoms with Crippen LogP contribution in [-0.2, 0) is 11.2 Å². The van der Waals surface area contributed by atoms with E-state index >= 15 is 0 Å². The number of aromatic nitrogens is 2. The number of rotatable bonds is 4. The quantitative estimate of drug-likeness (QED) is 0.724. The third-order valence-electron chi connectivity index (χ3n) is 4.33. The number of thiophene rings is 1. The molecule has 0 aliphatic carbocycles. The van der Waals surface area contributed by atoms with Crippen LogP contribution in [0, 0.1) is 0 Å². The predicted octanol–water partition coefficient (Wildman–Crippen LogP) is 3.88. The fourth-order valence-electron chi connectivity index (χ4n) is 3.09. The number of amides is 1. The normalized spacial score (nSPS) is 17.6. The topological polar surface area (TPSA) is 59.2 Å². The summed E-state index contributed by atoms with van der Waals surface area (Å²) in [6, 6.07) is 12.0. The molecule has 3 aromatic rings. The second-order valence-electron chi connectivity index (χ2n) is 5.82. The van der Waals surface area contributed by atoms with Crippen molar-refractivity contribution in [3.63, 3.8) is 0 Å². The maximum atomic E-state index is 12.5. The summed E-state index contributed by atoms with van der Waals surface area (Å²) in [6.45, 7) is 2.70. The Balaban J connectivity index is 1.58. The minimum absolute atomic E-state index is 0.0279. The Morgan fingerprint density at radius 3 is 2.96 bits per heavy atom. The highest BCUT2D eigenvalue weighted by Crippen LogP contribution is 2.33. The van der Waals surface area contributed by atoms with Gasteiger partial charge in [-0.3, -0.25) is 4.79 Å². The molecule has 0 bridgehead atoms. The first kappa shape index (κ1) is 15.1. The highest BCUT2D eigenvalue weighted by Gasteiger charge is 2.35. The van der Waals surface area contributed by atoms with Crippen molar-refractivity contribution in [2.45, 2.75) is 25.7 Å². The molecule has 0 spiro atoms. The fourth-order valence-corrected chi connectivity index (χ4v) is 3.73. The van der Waals surface area contributed by atoms with Crippen LogP contribution in [0.25, 0.3) is 10.8 Å². The van der Waals surface area contributed by atoms with Gasteiger partial charge in [-0.1, -0.05) is 36.3 Å². The third kappa shape index (κ3) is 2.63. The maximum absolute atomic E-state index is 12.5. The fraction of sp³-hybridized carbons (Fsp3) is 0.278. The SMILES string of the molecule is CCc1ccccc1N1CC(c2noc(-c3cccs3)n2)CC1=O. The first-order valence-corrected chi connectivity index (χ1v) is 8.90. The molecule has 1 amide bonds. The predicted molar refractivity (Wildman–Crippen MR) is 93.1 cm³/mol. The summed E-state index contributed by atoms with van der Waals surface area (Å²) in [5, 5.41) is 6.07. The lowest BCUT2D eigenvalue weighted by Crippen LogP contribution is -2.25. The van der Waals surface area contributed by atoms with Gasteiger partial charge in [0.1, 0.15) is 0 Å². The Morgan fingerprint density at radius 1 is 1.29 bits per heavy atom. The van der Waals surface area contributed by atoms with Crippen LogP contribution in [0.5, 0.6) is 0 Å². The molecule has 4 rings (SSSR count). The van der Waals surface area contributed by atoms with Gasteiger partial charge in [0.25, 0.3) is 5.89 Å². The van der Waals surface area contributed by atoms with Gasteiger partial charge in [0.2, 0.25) is 5.91 Å². The van der Waals surface area contributed by atoms with E-state index in [9.17, 15) is 4.79 Å². The highest BCUT2D eigenvalue weighted by atomic mass is 32.1. The lowest BCUT2D eigenvalue weighted by atomic mass is 10.1. The van der Waals surface area contributed by atoms with Crippen LogP contribution < -0.4 is 4.90 Å². The van der Waals surface area contributed by atoms with Crippen LogP contribution in [0.2, 0.25) is 0 Å². The molecule has 0 radical (unpaired) electrons. The summed E-state index contributed by atoms with van der Waals surface area (Å²) >= 11 is 1.56. The van der Waals surface area contributed by atoms with Crippen LogP contribution in [0.4, 0.5) is 5.69 Å². The van der Waals surface area contributed by atoms with Crippen molar-refractivity contribution < 1.29 is 9.32 Å². The number of anilines is 1. The van der Waals surface area contributed by atoms with Gasteiger partial charge in [-0.2, -0.15) is 4.98 Å². The Hall–Kier alpha value is -2.47. The van der Waals surface area contributed by atoms with E-state index in [1.165, 1.54) is 5.56 Å². The average molecular weight is 339 g/mol. The second kappa shape index (κ2) is 6.20. The number of nitrogens with zero attached hydrogens (tertiary/aromatic N) is 3. The van der Waals surface area contributed by atoms with E-state index in [0.717, 1.165) is 17.0 Å². The van der Waals surface area contributed by atoms with Crippen LogP contribution in [-0.4, -0.2) is 22.6 Å². The lowest BCUT2D eigenvalue weighted by Gasteiger charge is -2.19. The van der Waals surface area contributed by atoms with Gasteiger partial charge in [0.05, 0.1) is 4.88 Å². The van der Waals surface area contributed by atoms with Crippen molar-refractivity contribution in [3.05, 3.63) is 53.2 Å². The number of hydrogen-bond acceptors (Lipinski definition) is 5. The largest absolute Gasteiger partial charge is 0.333 e. The summed E-state index contributed by atoms with van der Waals surface area (Å²) in [5.74, 6) is 1.23. The first-order valence-electron chi connectivity index (χ1n) is 8.02. The third-order valence-corrected chi connectivity index (χ3v) is 5.19. The molecule has 1 atom stereocenters. The van der Waals surface area contributed by atoms with Gasteiger partial charge in [-0.05, 0) is 29.5 Å². The van der Waals surface area contributed by atoms with Gasteiger partial charge >= 0.3 is 0 Å². The first-order chi connectivity index (χ1) is 11.8. The van der Waals surface area contributed by atoms with Crippen molar-refractivity contribution in [2.24, 2.45) is 0 Å². The van der Waals surface area contributed by atoms with E-state index in [2.05, 4.69) is 23.1 Å². The molecule has 5 nitrogen and oxygen atoms in total. The van der Waals surface area contributed by atoms with Crippen molar-refractivity contribution >= 4 is 22.9 Å². The van der Waals surface area contributed by atoms with E-state index in [4.69, 9.17) is 4.52 Å². The molecule has 122 valence electrons. The van der Waals surface area contributed by atoms with E-state index in [0.29, 0.717) is 24.7 Å². The Labute approximate surface area is 143 Å². The molecule has 1 aliphatic rings. The van der Waals surface area contributed by atoms with Crippen molar-refractivity contribution in [3.8, 4) is 10.8 Å². The number of aryl methyl sites for hydroxylation is 1. The van der Waals surface area contributed by atoms with Crippen LogP contribution in [0.15, 0.2) is 46.3 Å². The Kier molecular flexibility index (Phi) is 3.90. The zero-order valence-corrected chi connectivity index (χ0v) is 14.1. The van der Waals surface area contributed by atoms with Crippen LogP contribution in [0.1, 0.15) is 30.7 Å². The van der Waals surface area contributed by atoms with Gasteiger partial charge in [0.15, 0.2) is 5.82 Å². The summed E-state index contributed by atoms with van der Waals surface area (Å²) in [5.41, 5.74) is 2.17. The van der Waals surface area contributed by atoms with Crippen molar-refractivity contribution in [1.29, 1.82) is 0 Å². The second-order valence-corrected chi connectivity index (χ2v) is 6.77. The van der Waals surface area contributed by atoms with Crippen LogP contribution in [0.3, 0.4) is 0 Å². The monoisotopic (exact) mass is 339 g/mol. The van der Waals surface area contributed by atoms with Crippen LogP contribution >= 0.6 is 11.3 Å². The summed E-state index contributed by atoms with van der Waals surface area (Å²) in [6.07, 6.45) is 1.32. The highest BCUT2D eigenvalue weighted by molar-refractivity contribution is 7.13. The Bertz CT molecular complexity index is 857. The maximum Gasteiger partial charge on any atom is 0.267 e. The molecule has 1 aromatic carbocycles. The van der Waals surface area contributed by atoms with Crippen molar-refractivity contribution in [2.75, 3.05) is 11.4 Å². The zero-order valence-electron chi connectivity index (χ0n) is 13.3. The molecule has 0 N–H and O–H groups in total. The summed E-state index contributed by atoms with van der Waals surface area (Å²) in [4.78, 5) is 19.8. The molecule has 6 heteroatoms. The lowest BCUT2D eigenvalue weighted by molar-refractivity contribution is -0.117. The average Bonchev–Trinajstić information content (AvgIpc) is 3.34. The number of carbonyl (C=O) groups excluding carboxylic acids is 1. The molecular formula is C18H17N3O2S. The summed E-state index contributed by atoms with van der Waals surface area (Å²) in [7, 11) is 0. The molecule has 1 fully saturated rings. The molecule has 1 unspecified atom stereocenters. The summed E-state index contributed by atoms with van der Waals surface area (Å²) < 4.78 is 5.36.